The molecule has 0 unspecified atom stereocenters. The molecule has 0 aliphatic rings. The maximum atomic E-state index is 12.4. The van der Waals surface area contributed by atoms with Gasteiger partial charge in [-0.1, -0.05) is 42.5 Å². The van der Waals surface area contributed by atoms with Crippen LogP contribution < -0.4 is 4.18 Å². The first-order valence-corrected chi connectivity index (χ1v) is 8.31. The zero-order chi connectivity index (χ0) is 15.3. The minimum Gasteiger partial charge on any atom is -0.382 e. The highest BCUT2D eigenvalue weighted by molar-refractivity contribution is 7.87. The van der Waals surface area contributed by atoms with Gasteiger partial charge in [0.05, 0.1) is 11.3 Å². The van der Waals surface area contributed by atoms with Crippen LogP contribution in [0.5, 0.6) is 5.75 Å². The van der Waals surface area contributed by atoms with Crippen LogP contribution in [0.25, 0.3) is 0 Å². The van der Waals surface area contributed by atoms with Gasteiger partial charge >= 0.3 is 10.1 Å². The highest BCUT2D eigenvalue weighted by Gasteiger charge is 2.19. The summed E-state index contributed by atoms with van der Waals surface area (Å²) < 4.78 is 28.4. The van der Waals surface area contributed by atoms with Crippen LogP contribution in [0.4, 0.5) is 0 Å². The molecule has 0 amide bonds. The van der Waals surface area contributed by atoms with Gasteiger partial charge in [-0.15, -0.1) is 11.6 Å². The average Bonchev–Trinajstić information content (AvgIpc) is 2.47. The molecular weight excluding hydrogens is 312 g/mol. The van der Waals surface area contributed by atoms with E-state index in [1.165, 1.54) is 12.1 Å². The molecule has 4 nitrogen and oxygen atoms in total. The van der Waals surface area contributed by atoms with E-state index in [4.69, 9.17) is 15.8 Å². The zero-order valence-corrected chi connectivity index (χ0v) is 12.6. The van der Waals surface area contributed by atoms with E-state index < -0.39 is 10.1 Å². The Balaban J connectivity index is 2.36. The molecule has 21 heavy (non-hydrogen) atoms. The Morgan fingerprint density at radius 2 is 1.62 bits per heavy atom. The molecule has 0 N–H and O–H groups in total. The maximum Gasteiger partial charge on any atom is 0.310 e. The normalized spacial score (nSPS) is 11.1. The molecule has 0 saturated heterocycles. The summed E-state index contributed by atoms with van der Waals surface area (Å²) in [6, 6.07) is 14.8. The standard InChI is InChI=1S/C15H13ClO4S/c16-10-11-21(18,19)20-14-9-5-4-8-13(14)15(17)12-6-2-1-3-7-12/h1-9H,10-11H2. The van der Waals surface area contributed by atoms with Gasteiger partial charge in [0.15, 0.2) is 11.5 Å². The molecule has 0 aromatic heterocycles. The number of hydrogen-bond acceptors (Lipinski definition) is 4. The molecular formula is C15H13ClO4S. The molecule has 2 aromatic rings. The lowest BCUT2D eigenvalue weighted by atomic mass is 10.0. The van der Waals surface area contributed by atoms with Gasteiger partial charge in [0.25, 0.3) is 0 Å². The van der Waals surface area contributed by atoms with Crippen LogP contribution in [0.2, 0.25) is 0 Å². The Morgan fingerprint density at radius 3 is 2.29 bits per heavy atom. The fourth-order valence-corrected chi connectivity index (χ4v) is 3.00. The van der Waals surface area contributed by atoms with E-state index in [1.54, 1.807) is 42.5 Å². The molecule has 0 atom stereocenters. The molecule has 0 spiro atoms. The van der Waals surface area contributed by atoms with Crippen LogP contribution in [-0.2, 0) is 10.1 Å². The molecule has 110 valence electrons. The van der Waals surface area contributed by atoms with E-state index in [0.29, 0.717) is 5.56 Å². The van der Waals surface area contributed by atoms with Gasteiger partial charge < -0.3 is 4.18 Å². The van der Waals surface area contributed by atoms with Crippen molar-refractivity contribution in [2.75, 3.05) is 11.6 Å². The van der Waals surface area contributed by atoms with Crippen molar-refractivity contribution in [1.29, 1.82) is 0 Å². The van der Waals surface area contributed by atoms with Crippen LogP contribution in [-0.4, -0.2) is 25.8 Å². The number of hydrogen-bond donors (Lipinski definition) is 0. The summed E-state index contributed by atoms with van der Waals surface area (Å²) in [5.41, 5.74) is 0.658. The fraction of sp³-hybridized carbons (Fsp3) is 0.133. The van der Waals surface area contributed by atoms with Crippen molar-refractivity contribution in [2.24, 2.45) is 0 Å². The van der Waals surface area contributed by atoms with Crippen LogP contribution in [0.1, 0.15) is 15.9 Å². The third-order valence-corrected chi connectivity index (χ3v) is 4.26. The SMILES string of the molecule is O=C(c1ccccc1)c1ccccc1OS(=O)(=O)CCCl. The molecule has 2 aromatic carbocycles. The van der Waals surface area contributed by atoms with Gasteiger partial charge in [-0.05, 0) is 12.1 Å². The second kappa shape index (κ2) is 6.74. The third kappa shape index (κ3) is 4.06. The Hall–Kier alpha value is -1.85. The van der Waals surface area contributed by atoms with Gasteiger partial charge in [0.2, 0.25) is 0 Å². The maximum absolute atomic E-state index is 12.4. The number of rotatable bonds is 6. The monoisotopic (exact) mass is 324 g/mol. The molecule has 0 aliphatic carbocycles. The van der Waals surface area contributed by atoms with Crippen molar-refractivity contribution in [3.8, 4) is 5.75 Å². The fourth-order valence-electron chi connectivity index (χ4n) is 1.74. The summed E-state index contributed by atoms with van der Waals surface area (Å²) in [7, 11) is -3.81. The van der Waals surface area contributed by atoms with Gasteiger partial charge in [0, 0.05) is 11.4 Å². The molecule has 0 bridgehead atoms. The highest BCUT2D eigenvalue weighted by atomic mass is 35.5. The first-order chi connectivity index (χ1) is 10.0. The Labute approximate surface area is 128 Å². The van der Waals surface area contributed by atoms with Crippen molar-refractivity contribution >= 4 is 27.5 Å². The van der Waals surface area contributed by atoms with Gasteiger partial charge in [0.1, 0.15) is 0 Å². The smallest absolute Gasteiger partial charge is 0.310 e. The lowest BCUT2D eigenvalue weighted by Gasteiger charge is -2.10. The van der Waals surface area contributed by atoms with E-state index in [2.05, 4.69) is 0 Å². The van der Waals surface area contributed by atoms with E-state index in [1.807, 2.05) is 0 Å². The first kappa shape index (κ1) is 15.5. The second-order valence-corrected chi connectivity index (χ2v) is 6.29. The van der Waals surface area contributed by atoms with Crippen molar-refractivity contribution in [2.45, 2.75) is 0 Å². The second-order valence-electron chi connectivity index (χ2n) is 4.23. The Kier molecular flexibility index (Phi) is 4.98. The Morgan fingerprint density at radius 1 is 1.00 bits per heavy atom. The van der Waals surface area contributed by atoms with Gasteiger partial charge in [-0.3, -0.25) is 4.79 Å². The molecule has 6 heteroatoms. The largest absolute Gasteiger partial charge is 0.382 e. The van der Waals surface area contributed by atoms with E-state index in [9.17, 15) is 13.2 Å². The summed E-state index contributed by atoms with van der Waals surface area (Å²) in [6.07, 6.45) is 0. The quantitative estimate of drug-likeness (QED) is 0.466. The highest BCUT2D eigenvalue weighted by Crippen LogP contribution is 2.23. The summed E-state index contributed by atoms with van der Waals surface area (Å²) in [5, 5.41) is 0. The first-order valence-electron chi connectivity index (χ1n) is 6.20. The molecule has 0 saturated carbocycles. The van der Waals surface area contributed by atoms with E-state index in [-0.39, 0.29) is 28.7 Å². The molecule has 0 aliphatic heterocycles. The third-order valence-electron chi connectivity index (χ3n) is 2.71. The van der Waals surface area contributed by atoms with Crippen LogP contribution in [0.3, 0.4) is 0 Å². The predicted octanol–water partition coefficient (Wildman–Crippen LogP) is 2.87. The van der Waals surface area contributed by atoms with Crippen molar-refractivity contribution < 1.29 is 17.4 Å². The summed E-state index contributed by atoms with van der Waals surface area (Å²) in [4.78, 5) is 12.4. The number of halogens is 1. The summed E-state index contributed by atoms with van der Waals surface area (Å²) >= 11 is 5.42. The molecule has 0 heterocycles. The minimum atomic E-state index is -3.81. The van der Waals surface area contributed by atoms with E-state index in [0.717, 1.165) is 0 Å². The molecule has 2 rings (SSSR count). The Bertz CT molecular complexity index is 726. The summed E-state index contributed by atoms with van der Waals surface area (Å²) in [6.45, 7) is 0. The number of benzene rings is 2. The zero-order valence-electron chi connectivity index (χ0n) is 11.0. The number of para-hydroxylation sites is 1. The topological polar surface area (TPSA) is 60.4 Å². The van der Waals surface area contributed by atoms with Crippen LogP contribution in [0, 0.1) is 0 Å². The van der Waals surface area contributed by atoms with Crippen LogP contribution in [0.15, 0.2) is 54.6 Å². The van der Waals surface area contributed by atoms with Gasteiger partial charge in [-0.25, -0.2) is 0 Å². The molecule has 0 radical (unpaired) electrons. The molecule has 0 fully saturated rings. The number of carbonyl (C=O) groups excluding carboxylic acids is 1. The predicted molar refractivity (Wildman–Crippen MR) is 81.5 cm³/mol. The minimum absolute atomic E-state index is 0.0106. The lowest BCUT2D eigenvalue weighted by Crippen LogP contribution is -2.16. The number of ketones is 1. The average molecular weight is 325 g/mol. The van der Waals surface area contributed by atoms with Crippen molar-refractivity contribution in [3.63, 3.8) is 0 Å². The lowest BCUT2D eigenvalue weighted by molar-refractivity contribution is 0.103. The number of carbonyl (C=O) groups is 1. The summed E-state index contributed by atoms with van der Waals surface area (Å²) in [5.74, 6) is -0.678. The van der Waals surface area contributed by atoms with E-state index >= 15 is 0 Å². The van der Waals surface area contributed by atoms with Gasteiger partial charge in [-0.2, -0.15) is 8.42 Å². The number of alkyl halides is 1. The van der Waals surface area contributed by atoms with Crippen molar-refractivity contribution in [3.05, 3.63) is 65.7 Å². The van der Waals surface area contributed by atoms with Crippen molar-refractivity contribution in [1.82, 2.24) is 0 Å². The van der Waals surface area contributed by atoms with Crippen LogP contribution >= 0.6 is 11.6 Å².